The van der Waals surface area contributed by atoms with Crippen molar-refractivity contribution in [2.45, 2.75) is 70.4 Å². The molecule has 2 heterocycles. The fourth-order valence-electron chi connectivity index (χ4n) is 5.37. The molecule has 0 unspecified atom stereocenters. The van der Waals surface area contributed by atoms with Gasteiger partial charge in [0.15, 0.2) is 5.82 Å². The SMILES string of the molecule is CC=C(C)c1cc(C2CC2)cc2c1nc(C(=O)N1CCN([C@H]3CC[C@H](O)CC3)C(=O)C1)n2C. The molecule has 176 valence electrons. The highest BCUT2D eigenvalue weighted by atomic mass is 16.3. The number of aromatic nitrogens is 2. The molecule has 33 heavy (non-hydrogen) atoms. The first kappa shape index (κ1) is 22.1. The average molecular weight is 451 g/mol. The summed E-state index contributed by atoms with van der Waals surface area (Å²) in [6, 6.07) is 4.60. The predicted octanol–water partition coefficient (Wildman–Crippen LogP) is 3.46. The minimum atomic E-state index is -0.242. The number of aliphatic hydroxyl groups excluding tert-OH is 1. The highest BCUT2D eigenvalue weighted by molar-refractivity contribution is 5.99. The van der Waals surface area contributed by atoms with Gasteiger partial charge in [-0.15, -0.1) is 0 Å². The number of carbonyl (C=O) groups is 2. The van der Waals surface area contributed by atoms with Crippen molar-refractivity contribution in [3.05, 3.63) is 35.2 Å². The van der Waals surface area contributed by atoms with Crippen molar-refractivity contribution >= 4 is 28.4 Å². The van der Waals surface area contributed by atoms with Crippen LogP contribution in [0.15, 0.2) is 18.2 Å². The van der Waals surface area contributed by atoms with Crippen LogP contribution in [0.3, 0.4) is 0 Å². The van der Waals surface area contributed by atoms with Crippen LogP contribution in [0.4, 0.5) is 0 Å². The lowest BCUT2D eigenvalue weighted by atomic mass is 9.91. The van der Waals surface area contributed by atoms with Crippen molar-refractivity contribution in [2.24, 2.45) is 7.05 Å². The second-order valence-corrected chi connectivity index (χ2v) is 9.95. The second-order valence-electron chi connectivity index (χ2n) is 9.95. The Kier molecular flexibility index (Phi) is 5.77. The fraction of sp³-hybridized carbons (Fsp3) is 0.577. The first-order chi connectivity index (χ1) is 15.9. The van der Waals surface area contributed by atoms with Gasteiger partial charge in [0.2, 0.25) is 5.91 Å². The topological polar surface area (TPSA) is 78.7 Å². The van der Waals surface area contributed by atoms with Crippen LogP contribution in [-0.4, -0.2) is 68.1 Å². The number of piperazine rings is 1. The number of aryl methyl sites for hydroxylation is 1. The van der Waals surface area contributed by atoms with E-state index in [1.54, 1.807) is 4.90 Å². The van der Waals surface area contributed by atoms with Gasteiger partial charge in [-0.3, -0.25) is 9.59 Å². The van der Waals surface area contributed by atoms with Gasteiger partial charge in [0.05, 0.1) is 17.1 Å². The van der Waals surface area contributed by atoms with Crippen molar-refractivity contribution in [3.63, 3.8) is 0 Å². The van der Waals surface area contributed by atoms with Crippen LogP contribution in [0.25, 0.3) is 16.6 Å². The van der Waals surface area contributed by atoms with Gasteiger partial charge in [-0.05, 0) is 81.6 Å². The van der Waals surface area contributed by atoms with Crippen molar-refractivity contribution < 1.29 is 14.7 Å². The normalized spacial score (nSPS) is 24.6. The van der Waals surface area contributed by atoms with Gasteiger partial charge in [-0.25, -0.2) is 4.98 Å². The molecular weight excluding hydrogens is 416 g/mol. The number of carbonyl (C=O) groups excluding carboxylic acids is 2. The highest BCUT2D eigenvalue weighted by Crippen LogP contribution is 2.42. The molecule has 2 aliphatic carbocycles. The van der Waals surface area contributed by atoms with Crippen LogP contribution < -0.4 is 0 Å². The Morgan fingerprint density at radius 3 is 2.48 bits per heavy atom. The number of allylic oxidation sites excluding steroid dienone is 2. The van der Waals surface area contributed by atoms with Crippen molar-refractivity contribution in [2.75, 3.05) is 19.6 Å². The van der Waals surface area contributed by atoms with E-state index in [-0.39, 0.29) is 30.5 Å². The molecular formula is C26H34N4O3. The summed E-state index contributed by atoms with van der Waals surface area (Å²) in [5.41, 5.74) is 5.39. The Balaban J connectivity index is 1.40. The number of nitrogens with zero attached hydrogens (tertiary/aromatic N) is 4. The van der Waals surface area contributed by atoms with E-state index in [1.165, 1.54) is 18.4 Å². The largest absolute Gasteiger partial charge is 0.393 e. The van der Waals surface area contributed by atoms with Crippen molar-refractivity contribution in [1.82, 2.24) is 19.4 Å². The molecule has 0 bridgehead atoms. The van der Waals surface area contributed by atoms with E-state index in [9.17, 15) is 14.7 Å². The molecule has 1 aliphatic heterocycles. The van der Waals surface area contributed by atoms with Crippen LogP contribution in [0.2, 0.25) is 0 Å². The molecule has 0 spiro atoms. The van der Waals surface area contributed by atoms with E-state index in [2.05, 4.69) is 25.1 Å². The van der Waals surface area contributed by atoms with Gasteiger partial charge in [0.1, 0.15) is 6.54 Å². The lowest BCUT2D eigenvalue weighted by Crippen LogP contribution is -2.56. The summed E-state index contributed by atoms with van der Waals surface area (Å²) in [5.74, 6) is 0.817. The molecule has 7 nitrogen and oxygen atoms in total. The van der Waals surface area contributed by atoms with Crippen molar-refractivity contribution in [3.8, 4) is 0 Å². The summed E-state index contributed by atoms with van der Waals surface area (Å²) in [6.07, 6.45) is 7.44. The maximum Gasteiger partial charge on any atom is 0.290 e. The van der Waals surface area contributed by atoms with Gasteiger partial charge in [-0.1, -0.05) is 6.08 Å². The summed E-state index contributed by atoms with van der Waals surface area (Å²) >= 11 is 0. The van der Waals surface area contributed by atoms with Gasteiger partial charge in [0, 0.05) is 31.7 Å². The molecule has 1 saturated heterocycles. The number of imidazole rings is 1. The Labute approximate surface area is 195 Å². The molecule has 3 aliphatic rings. The number of rotatable bonds is 4. The first-order valence-electron chi connectivity index (χ1n) is 12.3. The molecule has 1 aromatic heterocycles. The van der Waals surface area contributed by atoms with E-state index in [0.29, 0.717) is 24.8 Å². The monoisotopic (exact) mass is 450 g/mol. The zero-order valence-electron chi connectivity index (χ0n) is 19.9. The lowest BCUT2D eigenvalue weighted by Gasteiger charge is -2.41. The van der Waals surface area contributed by atoms with E-state index in [0.717, 1.165) is 47.9 Å². The Morgan fingerprint density at radius 2 is 1.85 bits per heavy atom. The van der Waals surface area contributed by atoms with Crippen molar-refractivity contribution in [1.29, 1.82) is 0 Å². The lowest BCUT2D eigenvalue weighted by molar-refractivity contribution is -0.138. The Morgan fingerprint density at radius 1 is 1.12 bits per heavy atom. The zero-order valence-corrected chi connectivity index (χ0v) is 19.9. The number of amides is 2. The summed E-state index contributed by atoms with van der Waals surface area (Å²) in [4.78, 5) is 34.7. The quantitative estimate of drug-likeness (QED) is 0.774. The number of hydrogen-bond donors (Lipinski definition) is 1. The fourth-order valence-corrected chi connectivity index (χ4v) is 5.37. The summed E-state index contributed by atoms with van der Waals surface area (Å²) in [6.45, 7) is 5.27. The number of fused-ring (bicyclic) bond motifs is 1. The molecule has 2 amide bonds. The number of benzene rings is 1. The summed E-state index contributed by atoms with van der Waals surface area (Å²) in [7, 11) is 1.90. The third-order valence-corrected chi connectivity index (χ3v) is 7.76. The smallest absolute Gasteiger partial charge is 0.290 e. The molecule has 1 aromatic carbocycles. The maximum atomic E-state index is 13.5. The molecule has 7 heteroatoms. The third kappa shape index (κ3) is 4.07. The molecule has 0 radical (unpaired) electrons. The zero-order chi connectivity index (χ0) is 23.3. The van der Waals surface area contributed by atoms with E-state index < -0.39 is 0 Å². The van der Waals surface area contributed by atoms with Crippen LogP contribution >= 0.6 is 0 Å². The van der Waals surface area contributed by atoms with Gasteiger partial charge >= 0.3 is 0 Å². The molecule has 1 N–H and O–H groups in total. The van der Waals surface area contributed by atoms with Gasteiger partial charge in [-0.2, -0.15) is 0 Å². The number of hydrogen-bond acceptors (Lipinski definition) is 4. The van der Waals surface area contributed by atoms with Crippen LogP contribution in [0.5, 0.6) is 0 Å². The minimum absolute atomic E-state index is 0.00350. The van der Waals surface area contributed by atoms with Gasteiger partial charge < -0.3 is 19.5 Å². The summed E-state index contributed by atoms with van der Waals surface area (Å²) < 4.78 is 1.90. The van der Waals surface area contributed by atoms with Crippen LogP contribution in [-0.2, 0) is 11.8 Å². The van der Waals surface area contributed by atoms with E-state index in [1.807, 2.05) is 23.4 Å². The molecule has 3 fully saturated rings. The van der Waals surface area contributed by atoms with Crippen LogP contribution in [0.1, 0.15) is 80.0 Å². The number of aliphatic hydroxyl groups is 1. The first-order valence-corrected chi connectivity index (χ1v) is 12.3. The minimum Gasteiger partial charge on any atom is -0.393 e. The average Bonchev–Trinajstić information content (AvgIpc) is 3.62. The standard InChI is InChI=1S/C26H34N4O3/c1-4-16(2)21-13-18(17-5-6-17)14-22-24(21)27-25(28(22)3)26(33)29-11-12-30(23(32)15-29)19-7-9-20(31)10-8-19/h4,13-14,17,19-20,31H,5-12,15H2,1-3H3/t19-,20-. The van der Waals surface area contributed by atoms with Crippen LogP contribution in [0, 0.1) is 0 Å². The van der Waals surface area contributed by atoms with E-state index >= 15 is 0 Å². The third-order valence-electron chi connectivity index (χ3n) is 7.76. The molecule has 2 aromatic rings. The molecule has 2 saturated carbocycles. The van der Waals surface area contributed by atoms with E-state index in [4.69, 9.17) is 4.98 Å². The van der Waals surface area contributed by atoms with Gasteiger partial charge in [0.25, 0.3) is 5.91 Å². The predicted molar refractivity (Wildman–Crippen MR) is 128 cm³/mol. The Hall–Kier alpha value is -2.67. The molecule has 0 atom stereocenters. The summed E-state index contributed by atoms with van der Waals surface area (Å²) in [5, 5.41) is 9.77. The highest BCUT2D eigenvalue weighted by Gasteiger charge is 2.35. The maximum absolute atomic E-state index is 13.5. The molecule has 5 rings (SSSR count). The Bertz CT molecular complexity index is 1120. The second kappa shape index (κ2) is 8.60.